The molecule has 1 rings (SSSR count). The van der Waals surface area contributed by atoms with Gasteiger partial charge in [-0.2, -0.15) is 0 Å². The molecule has 0 aliphatic carbocycles. The summed E-state index contributed by atoms with van der Waals surface area (Å²) in [4.78, 5) is 10.5. The lowest BCUT2D eigenvalue weighted by Gasteiger charge is -1.98. The van der Waals surface area contributed by atoms with Crippen molar-refractivity contribution in [2.24, 2.45) is 0 Å². The van der Waals surface area contributed by atoms with Crippen molar-refractivity contribution in [3.63, 3.8) is 0 Å². The average molecular weight is 142 g/mol. The minimum atomic E-state index is -1.71. The van der Waals surface area contributed by atoms with E-state index in [0.29, 0.717) is 0 Å². The van der Waals surface area contributed by atoms with E-state index in [2.05, 4.69) is 4.42 Å². The van der Waals surface area contributed by atoms with E-state index in [1.807, 2.05) is 0 Å². The lowest BCUT2D eigenvalue weighted by atomic mass is 10.4. The van der Waals surface area contributed by atoms with Gasteiger partial charge in [0.1, 0.15) is 0 Å². The molecule has 0 atom stereocenters. The van der Waals surface area contributed by atoms with Gasteiger partial charge in [-0.25, -0.2) is 0 Å². The topological polar surface area (TPSA) is 70.7 Å². The fourth-order valence-corrected chi connectivity index (χ4v) is 0.537. The third kappa shape index (κ3) is 1.43. The molecule has 0 bridgehead atoms. The highest BCUT2D eigenvalue weighted by Crippen LogP contribution is 2.04. The number of rotatable bonds is 1. The minimum absolute atomic E-state index is 0.146. The Balaban J connectivity index is 3.07. The molecule has 0 amide bonds. The number of hydrogen-bond donors (Lipinski definition) is 2. The predicted octanol–water partition coefficient (Wildman–Crippen LogP) is -0.377. The van der Waals surface area contributed by atoms with E-state index in [4.69, 9.17) is 10.2 Å². The van der Waals surface area contributed by atoms with Crippen LogP contribution < -0.4 is 5.43 Å². The maximum atomic E-state index is 10.5. The maximum absolute atomic E-state index is 10.5. The fraction of sp³-hybridized carbons (Fsp3) is 0.167. The average Bonchev–Trinajstić information content (AvgIpc) is 1.88. The van der Waals surface area contributed by atoms with Crippen LogP contribution in [0.5, 0.6) is 0 Å². The molecule has 1 heterocycles. The number of hydrogen-bond acceptors (Lipinski definition) is 4. The van der Waals surface area contributed by atoms with Crippen molar-refractivity contribution < 1.29 is 14.6 Å². The van der Waals surface area contributed by atoms with Gasteiger partial charge in [-0.15, -0.1) is 0 Å². The second-order valence-electron chi connectivity index (χ2n) is 1.74. The van der Waals surface area contributed by atoms with Gasteiger partial charge >= 0.3 is 0 Å². The van der Waals surface area contributed by atoms with Gasteiger partial charge in [0.15, 0.2) is 11.2 Å². The fourth-order valence-electron chi connectivity index (χ4n) is 0.537. The first-order valence-electron chi connectivity index (χ1n) is 2.65. The Morgan fingerprint density at radius 3 is 2.60 bits per heavy atom. The highest BCUT2D eigenvalue weighted by atomic mass is 16.5. The predicted molar refractivity (Wildman–Crippen MR) is 32.2 cm³/mol. The van der Waals surface area contributed by atoms with E-state index in [-0.39, 0.29) is 11.2 Å². The molecular weight excluding hydrogens is 136 g/mol. The van der Waals surface area contributed by atoms with Gasteiger partial charge < -0.3 is 14.6 Å². The summed E-state index contributed by atoms with van der Waals surface area (Å²) in [6.07, 6.45) is -0.606. The van der Waals surface area contributed by atoms with Gasteiger partial charge in [0, 0.05) is 12.1 Å². The smallest absolute Gasteiger partial charge is 0.212 e. The van der Waals surface area contributed by atoms with Gasteiger partial charge in [-0.05, 0) is 0 Å². The molecule has 4 heteroatoms. The molecule has 10 heavy (non-hydrogen) atoms. The monoisotopic (exact) mass is 142 g/mol. The molecule has 0 fully saturated rings. The lowest BCUT2D eigenvalue weighted by Crippen LogP contribution is -2.01. The second kappa shape index (κ2) is 2.64. The van der Waals surface area contributed by atoms with Crippen molar-refractivity contribution in [2.75, 3.05) is 0 Å². The Labute approximate surface area is 56.4 Å². The molecule has 0 aliphatic heterocycles. The maximum Gasteiger partial charge on any atom is 0.212 e. The summed E-state index contributed by atoms with van der Waals surface area (Å²) in [5.41, 5.74) is -0.311. The van der Waals surface area contributed by atoms with Gasteiger partial charge in [0.2, 0.25) is 6.29 Å². The Bertz CT molecular complexity index is 262. The third-order valence-corrected chi connectivity index (χ3v) is 0.975. The van der Waals surface area contributed by atoms with Crippen LogP contribution in [0, 0.1) is 0 Å². The summed E-state index contributed by atoms with van der Waals surface area (Å²) in [7, 11) is 0. The SMILES string of the molecule is O=c1ccoc(C(O)O)c1. The lowest BCUT2D eigenvalue weighted by molar-refractivity contribution is -0.0591. The largest absolute Gasteiger partial charge is 0.464 e. The van der Waals surface area contributed by atoms with Crippen LogP contribution in [0.1, 0.15) is 12.1 Å². The highest BCUT2D eigenvalue weighted by molar-refractivity contribution is 5.00. The number of aliphatic hydroxyl groups excluding tert-OH is 1. The quantitative estimate of drug-likeness (QED) is 0.524. The van der Waals surface area contributed by atoms with Gasteiger partial charge in [0.25, 0.3) is 0 Å². The first-order chi connectivity index (χ1) is 4.70. The first-order valence-corrected chi connectivity index (χ1v) is 2.65. The molecular formula is C6H6O4. The molecule has 2 N–H and O–H groups in total. The molecule has 4 nitrogen and oxygen atoms in total. The molecule has 0 radical (unpaired) electrons. The zero-order chi connectivity index (χ0) is 7.56. The normalized spacial score (nSPS) is 10.3. The van der Waals surface area contributed by atoms with Crippen LogP contribution in [0.25, 0.3) is 0 Å². The van der Waals surface area contributed by atoms with E-state index in [0.717, 1.165) is 12.3 Å². The number of aliphatic hydroxyl groups is 2. The summed E-state index contributed by atoms with van der Waals surface area (Å²) in [6.45, 7) is 0. The standard InChI is InChI=1S/C6H6O4/c7-4-1-2-10-5(3-4)6(8)9/h1-3,6,8-9H. The van der Waals surface area contributed by atoms with Crippen LogP contribution in [0.15, 0.2) is 27.6 Å². The summed E-state index contributed by atoms with van der Waals surface area (Å²) in [6, 6.07) is 2.20. The van der Waals surface area contributed by atoms with Crippen LogP contribution in [0.4, 0.5) is 0 Å². The van der Waals surface area contributed by atoms with Gasteiger partial charge in [0.05, 0.1) is 6.26 Å². The van der Waals surface area contributed by atoms with E-state index in [9.17, 15) is 4.79 Å². The summed E-state index contributed by atoms with van der Waals surface area (Å²) < 4.78 is 4.57. The molecule has 0 saturated carbocycles. The van der Waals surface area contributed by atoms with Crippen LogP contribution in [-0.2, 0) is 0 Å². The Morgan fingerprint density at radius 2 is 2.20 bits per heavy atom. The van der Waals surface area contributed by atoms with Crippen molar-refractivity contribution in [1.29, 1.82) is 0 Å². The Kier molecular flexibility index (Phi) is 1.84. The van der Waals surface area contributed by atoms with Gasteiger partial charge in [-0.3, -0.25) is 4.79 Å². The van der Waals surface area contributed by atoms with E-state index < -0.39 is 6.29 Å². The van der Waals surface area contributed by atoms with Crippen LogP contribution in [0.2, 0.25) is 0 Å². The molecule has 0 saturated heterocycles. The van der Waals surface area contributed by atoms with Crippen molar-refractivity contribution in [3.8, 4) is 0 Å². The first kappa shape index (κ1) is 6.98. The zero-order valence-corrected chi connectivity index (χ0v) is 5.02. The molecule has 1 aromatic heterocycles. The van der Waals surface area contributed by atoms with Gasteiger partial charge in [-0.1, -0.05) is 0 Å². The van der Waals surface area contributed by atoms with Crippen LogP contribution >= 0.6 is 0 Å². The molecule has 0 aromatic carbocycles. The summed E-state index contributed by atoms with van der Waals surface area (Å²) in [5, 5.41) is 16.9. The summed E-state index contributed by atoms with van der Waals surface area (Å²) in [5.74, 6) is -0.146. The van der Waals surface area contributed by atoms with Crippen LogP contribution in [-0.4, -0.2) is 10.2 Å². The van der Waals surface area contributed by atoms with E-state index >= 15 is 0 Å². The minimum Gasteiger partial charge on any atom is -0.464 e. The zero-order valence-electron chi connectivity index (χ0n) is 5.02. The molecule has 0 unspecified atom stereocenters. The third-order valence-electron chi connectivity index (χ3n) is 0.975. The highest BCUT2D eigenvalue weighted by Gasteiger charge is 2.03. The van der Waals surface area contributed by atoms with E-state index in [1.165, 1.54) is 6.07 Å². The molecule has 0 aliphatic rings. The van der Waals surface area contributed by atoms with Crippen molar-refractivity contribution >= 4 is 0 Å². The second-order valence-corrected chi connectivity index (χ2v) is 1.74. The van der Waals surface area contributed by atoms with E-state index in [1.54, 1.807) is 0 Å². The van der Waals surface area contributed by atoms with Crippen molar-refractivity contribution in [1.82, 2.24) is 0 Å². The van der Waals surface area contributed by atoms with Crippen LogP contribution in [0.3, 0.4) is 0 Å². The molecule has 0 spiro atoms. The Morgan fingerprint density at radius 1 is 1.50 bits per heavy atom. The molecule has 1 aromatic rings. The van der Waals surface area contributed by atoms with Crippen molar-refractivity contribution in [3.05, 3.63) is 34.4 Å². The summed E-state index contributed by atoms with van der Waals surface area (Å²) >= 11 is 0. The molecule has 54 valence electrons. The Hall–Kier alpha value is -1.13. The van der Waals surface area contributed by atoms with Crippen molar-refractivity contribution in [2.45, 2.75) is 6.29 Å².